The number of carbonyl (C=O) groups is 1. The zero-order valence-electron chi connectivity index (χ0n) is 20.1. The number of hydrogen-bond donors (Lipinski definition) is 2. The van der Waals surface area contributed by atoms with E-state index in [9.17, 15) is 9.90 Å². The van der Waals surface area contributed by atoms with Gasteiger partial charge >= 0.3 is 0 Å². The fourth-order valence-corrected chi connectivity index (χ4v) is 5.96. The summed E-state index contributed by atoms with van der Waals surface area (Å²) in [6.45, 7) is 9.44. The number of ketones is 1. The number of hydrogen-bond acceptors (Lipinski definition) is 5. The second-order valence-electron chi connectivity index (χ2n) is 10.3. The summed E-state index contributed by atoms with van der Waals surface area (Å²) in [5.74, 6) is 1.94. The van der Waals surface area contributed by atoms with Crippen molar-refractivity contribution in [1.29, 1.82) is 0 Å². The summed E-state index contributed by atoms with van der Waals surface area (Å²) in [6.07, 6.45) is 14.2. The van der Waals surface area contributed by atoms with Gasteiger partial charge in [-0.2, -0.15) is 0 Å². The van der Waals surface area contributed by atoms with Gasteiger partial charge in [-0.15, -0.1) is 0 Å². The van der Waals surface area contributed by atoms with Crippen LogP contribution in [0.15, 0.2) is 30.0 Å². The fraction of sp³-hybridized carbons (Fsp3) is 0.607. The number of rotatable bonds is 6. The van der Waals surface area contributed by atoms with Crippen molar-refractivity contribution in [2.75, 3.05) is 32.7 Å². The normalized spacial score (nSPS) is 24.5. The second-order valence-corrected chi connectivity index (χ2v) is 10.3. The van der Waals surface area contributed by atoms with Gasteiger partial charge in [-0.25, -0.2) is 0 Å². The number of benzene rings is 1. The van der Waals surface area contributed by atoms with Crippen LogP contribution >= 0.6 is 0 Å². The summed E-state index contributed by atoms with van der Waals surface area (Å²) in [7, 11) is 0. The summed E-state index contributed by atoms with van der Waals surface area (Å²) in [4.78, 5) is 17.6. The zero-order chi connectivity index (χ0) is 23.2. The fourth-order valence-electron chi connectivity index (χ4n) is 5.96. The molecule has 0 radical (unpaired) electrons. The van der Waals surface area contributed by atoms with Crippen molar-refractivity contribution in [2.45, 2.75) is 64.2 Å². The van der Waals surface area contributed by atoms with Crippen molar-refractivity contribution in [3.05, 3.63) is 40.4 Å². The molecule has 2 saturated heterocycles. The van der Waals surface area contributed by atoms with Crippen LogP contribution in [0.25, 0.3) is 12.3 Å². The molecule has 0 unspecified atom stereocenters. The largest absolute Gasteiger partial charge is 0.508 e. The quantitative estimate of drug-likeness (QED) is 0.651. The Bertz CT molecular complexity index is 956. The average Bonchev–Trinajstić information content (AvgIpc) is 2.84. The summed E-state index contributed by atoms with van der Waals surface area (Å²) in [5, 5.41) is 11.7. The van der Waals surface area contributed by atoms with E-state index in [0.717, 1.165) is 40.9 Å². The van der Waals surface area contributed by atoms with Gasteiger partial charge in [0, 0.05) is 30.9 Å². The lowest BCUT2D eigenvalue weighted by molar-refractivity contribution is -0.116. The third-order valence-corrected chi connectivity index (χ3v) is 8.09. The van der Waals surface area contributed by atoms with Crippen molar-refractivity contribution in [3.63, 3.8) is 0 Å². The third kappa shape index (κ3) is 6.00. The molecular weight excluding hydrogens is 410 g/mol. The Morgan fingerprint density at radius 3 is 2.42 bits per heavy atom. The van der Waals surface area contributed by atoms with Crippen molar-refractivity contribution in [2.24, 2.45) is 17.6 Å². The van der Waals surface area contributed by atoms with Crippen LogP contribution in [-0.2, 0) is 4.79 Å². The first-order chi connectivity index (χ1) is 16.0. The van der Waals surface area contributed by atoms with Crippen molar-refractivity contribution in [3.8, 4) is 5.75 Å². The number of nitrogens with two attached hydrogens (primary N) is 1. The number of phenolic OH excluding ortho intramolecular Hbond substituents is 1. The molecule has 2 heterocycles. The minimum Gasteiger partial charge on any atom is -0.508 e. The molecule has 1 aromatic carbocycles. The minimum atomic E-state index is 0.0674. The Hall–Kier alpha value is -2.27. The Labute approximate surface area is 198 Å². The SMILES string of the molecule is C=c1ccc(O)c/c1=C1/C(=C\N)C(=O)CCN1CCC1CCN(CCC2CCCCC2)CC1. The molecule has 0 aromatic heterocycles. The number of aromatic hydroxyl groups is 1. The first kappa shape index (κ1) is 23.9. The second kappa shape index (κ2) is 11.2. The highest BCUT2D eigenvalue weighted by Crippen LogP contribution is 2.29. The van der Waals surface area contributed by atoms with E-state index in [1.165, 1.54) is 77.2 Å². The monoisotopic (exact) mass is 451 g/mol. The van der Waals surface area contributed by atoms with Crippen LogP contribution < -0.4 is 16.2 Å². The van der Waals surface area contributed by atoms with Crippen LogP contribution in [0.1, 0.15) is 64.2 Å². The van der Waals surface area contributed by atoms with Crippen molar-refractivity contribution in [1.82, 2.24) is 9.80 Å². The Balaban J connectivity index is 1.36. The van der Waals surface area contributed by atoms with Gasteiger partial charge in [0.05, 0.1) is 11.3 Å². The molecule has 3 fully saturated rings. The lowest BCUT2D eigenvalue weighted by Gasteiger charge is -2.36. The molecular formula is C28H41N3O2. The molecule has 1 saturated carbocycles. The molecule has 0 bridgehead atoms. The topological polar surface area (TPSA) is 69.8 Å². The van der Waals surface area contributed by atoms with Crippen LogP contribution in [0.4, 0.5) is 0 Å². The molecule has 1 aliphatic carbocycles. The van der Waals surface area contributed by atoms with Gasteiger partial charge in [-0.1, -0.05) is 44.7 Å². The van der Waals surface area contributed by atoms with E-state index in [-0.39, 0.29) is 11.5 Å². The summed E-state index contributed by atoms with van der Waals surface area (Å²) in [5.41, 5.74) is 7.27. The van der Waals surface area contributed by atoms with E-state index in [1.54, 1.807) is 18.2 Å². The zero-order valence-corrected chi connectivity index (χ0v) is 20.1. The number of carbonyl (C=O) groups excluding carboxylic acids is 1. The maximum absolute atomic E-state index is 12.6. The van der Waals surface area contributed by atoms with Gasteiger partial charge in [0.2, 0.25) is 0 Å². The minimum absolute atomic E-state index is 0.0674. The van der Waals surface area contributed by atoms with E-state index < -0.39 is 0 Å². The molecule has 5 nitrogen and oxygen atoms in total. The average molecular weight is 452 g/mol. The summed E-state index contributed by atoms with van der Waals surface area (Å²) in [6, 6.07) is 5.14. The van der Waals surface area contributed by atoms with Crippen LogP contribution in [0.3, 0.4) is 0 Å². The van der Waals surface area contributed by atoms with E-state index in [1.807, 2.05) is 0 Å². The maximum atomic E-state index is 12.6. The number of Topliss-reactive ketones (excluding diaryl/α,β-unsaturated/α-hetero) is 1. The highest BCUT2D eigenvalue weighted by molar-refractivity contribution is 6.07. The molecule has 0 atom stereocenters. The van der Waals surface area contributed by atoms with Gasteiger partial charge in [-0.05, 0) is 74.5 Å². The molecule has 2 aliphatic heterocycles. The molecule has 5 heteroatoms. The van der Waals surface area contributed by atoms with Crippen LogP contribution in [0.2, 0.25) is 0 Å². The van der Waals surface area contributed by atoms with Gasteiger partial charge in [0.1, 0.15) is 5.75 Å². The molecule has 0 amide bonds. The molecule has 3 N–H and O–H groups in total. The predicted octanol–water partition coefficient (Wildman–Crippen LogP) is 3.10. The van der Waals surface area contributed by atoms with Gasteiger partial charge in [-0.3, -0.25) is 4.79 Å². The number of likely N-dealkylation sites (tertiary alicyclic amines) is 2. The van der Waals surface area contributed by atoms with E-state index >= 15 is 0 Å². The van der Waals surface area contributed by atoms with E-state index in [4.69, 9.17) is 5.73 Å². The maximum Gasteiger partial charge on any atom is 0.168 e. The van der Waals surface area contributed by atoms with Crippen molar-refractivity contribution < 1.29 is 9.90 Å². The third-order valence-electron chi connectivity index (χ3n) is 8.09. The van der Waals surface area contributed by atoms with Crippen LogP contribution in [0.5, 0.6) is 5.75 Å². The molecule has 4 rings (SSSR count). The lowest BCUT2D eigenvalue weighted by atomic mass is 9.86. The lowest BCUT2D eigenvalue weighted by Crippen LogP contribution is -2.42. The highest BCUT2D eigenvalue weighted by Gasteiger charge is 2.28. The molecule has 1 aromatic rings. The Morgan fingerprint density at radius 1 is 1.00 bits per heavy atom. The van der Waals surface area contributed by atoms with Gasteiger partial charge in [0.25, 0.3) is 0 Å². The van der Waals surface area contributed by atoms with Gasteiger partial charge < -0.3 is 20.6 Å². The molecule has 180 valence electrons. The van der Waals surface area contributed by atoms with Crippen molar-refractivity contribution >= 4 is 18.1 Å². The summed E-state index contributed by atoms with van der Waals surface area (Å²) >= 11 is 0. The Morgan fingerprint density at radius 2 is 1.70 bits per heavy atom. The van der Waals surface area contributed by atoms with Crippen LogP contribution in [-0.4, -0.2) is 53.4 Å². The first-order valence-electron chi connectivity index (χ1n) is 13.0. The standard InChI is InChI=1S/C28H41N3O2/c1-21-7-8-24(32)19-25(21)28-26(20-29)27(33)13-18-31(28)17-12-23-10-15-30(16-11-23)14-9-22-5-3-2-4-6-22/h7-8,19-20,22-23,32H,1-6,9-18,29H2/b26-20-,28-25+. The molecule has 0 spiro atoms. The number of nitrogens with zero attached hydrogens (tertiary/aromatic N) is 2. The van der Waals surface area contributed by atoms with E-state index in [2.05, 4.69) is 16.4 Å². The number of phenols is 1. The predicted molar refractivity (Wildman–Crippen MR) is 135 cm³/mol. The number of piperidine rings is 2. The van der Waals surface area contributed by atoms with Gasteiger partial charge in [0.15, 0.2) is 5.78 Å². The molecule has 33 heavy (non-hydrogen) atoms. The molecule has 3 aliphatic rings. The smallest absolute Gasteiger partial charge is 0.168 e. The Kier molecular flexibility index (Phi) is 8.13. The first-order valence-corrected chi connectivity index (χ1v) is 13.0. The summed E-state index contributed by atoms with van der Waals surface area (Å²) < 4.78 is 0. The highest BCUT2D eigenvalue weighted by atomic mass is 16.3. The van der Waals surface area contributed by atoms with E-state index in [0.29, 0.717) is 18.5 Å². The van der Waals surface area contributed by atoms with Crippen LogP contribution in [0, 0.1) is 11.8 Å².